The van der Waals surface area contributed by atoms with Crippen LogP contribution in [0.25, 0.3) is 11.5 Å². The van der Waals surface area contributed by atoms with E-state index in [1.54, 1.807) is 7.11 Å². The van der Waals surface area contributed by atoms with Crippen LogP contribution >= 0.6 is 0 Å². The minimum Gasteiger partial charge on any atom is -0.497 e. The number of allylic oxidation sites excluding steroid dienone is 1. The maximum absolute atomic E-state index is 13.2. The summed E-state index contributed by atoms with van der Waals surface area (Å²) in [7, 11) is 1.63. The van der Waals surface area contributed by atoms with Gasteiger partial charge in [-0.25, -0.2) is 4.39 Å². The molecule has 6 nitrogen and oxygen atoms in total. The van der Waals surface area contributed by atoms with Crippen molar-refractivity contribution in [2.24, 2.45) is 23.7 Å². The molecule has 1 heterocycles. The molecule has 0 spiro atoms. The number of benzene rings is 2. The summed E-state index contributed by atoms with van der Waals surface area (Å²) >= 11 is 0. The van der Waals surface area contributed by atoms with Gasteiger partial charge in [0, 0.05) is 24.1 Å². The summed E-state index contributed by atoms with van der Waals surface area (Å²) < 4.78 is 24.3. The SMILES string of the molecule is COc1ccc(-c2nnc(CC3CC(C(C)C)C(CNC(=O)c4ccc(F)cc4)C=C3C)o2)cc1. The number of nitrogens with one attached hydrogen (secondary N) is 1. The molecule has 0 saturated heterocycles. The molecule has 0 radical (unpaired) electrons. The number of carbonyl (C=O) groups excluding carboxylic acids is 1. The van der Waals surface area contributed by atoms with E-state index in [4.69, 9.17) is 9.15 Å². The van der Waals surface area contributed by atoms with E-state index in [0.29, 0.717) is 48.1 Å². The van der Waals surface area contributed by atoms with Crippen molar-refractivity contribution in [1.29, 1.82) is 0 Å². The topological polar surface area (TPSA) is 77.3 Å². The Morgan fingerprint density at radius 2 is 1.86 bits per heavy atom. The number of ether oxygens (including phenoxy) is 1. The van der Waals surface area contributed by atoms with E-state index in [-0.39, 0.29) is 17.6 Å². The summed E-state index contributed by atoms with van der Waals surface area (Å²) in [5.41, 5.74) is 2.59. The van der Waals surface area contributed by atoms with Gasteiger partial charge in [0.05, 0.1) is 7.11 Å². The third kappa shape index (κ3) is 5.96. The molecule has 1 aliphatic carbocycles. The fraction of sp³-hybridized carbons (Fsp3) is 0.393. The van der Waals surface area contributed by atoms with Gasteiger partial charge >= 0.3 is 0 Å². The number of nitrogens with zero attached hydrogens (tertiary/aromatic N) is 2. The van der Waals surface area contributed by atoms with Gasteiger partial charge in [0.15, 0.2) is 0 Å². The Morgan fingerprint density at radius 3 is 2.51 bits per heavy atom. The van der Waals surface area contributed by atoms with E-state index in [2.05, 4.69) is 42.4 Å². The van der Waals surface area contributed by atoms with Crippen molar-refractivity contribution in [3.63, 3.8) is 0 Å². The van der Waals surface area contributed by atoms with E-state index in [1.807, 2.05) is 24.3 Å². The standard InChI is InChI=1S/C28H32FN3O3/c1-17(2)25-14-21(15-26-31-32-28(35-26)20-7-11-24(34-4)12-8-20)18(3)13-22(25)16-30-27(33)19-5-9-23(29)10-6-19/h5-13,17,21-22,25H,14-16H2,1-4H3,(H,30,33). The fourth-order valence-electron chi connectivity index (χ4n) is 4.82. The highest BCUT2D eigenvalue weighted by Crippen LogP contribution is 2.39. The van der Waals surface area contributed by atoms with Crippen molar-refractivity contribution < 1.29 is 18.3 Å². The quantitative estimate of drug-likeness (QED) is 0.421. The van der Waals surface area contributed by atoms with Crippen LogP contribution in [-0.2, 0) is 6.42 Å². The van der Waals surface area contributed by atoms with Gasteiger partial charge in [-0.3, -0.25) is 4.79 Å². The highest BCUT2D eigenvalue weighted by Gasteiger charge is 2.32. The first-order chi connectivity index (χ1) is 16.8. The van der Waals surface area contributed by atoms with Crippen molar-refractivity contribution in [3.8, 4) is 17.2 Å². The van der Waals surface area contributed by atoms with Gasteiger partial charge in [0.2, 0.25) is 11.8 Å². The fourth-order valence-corrected chi connectivity index (χ4v) is 4.82. The summed E-state index contributed by atoms with van der Waals surface area (Å²) in [4.78, 5) is 12.5. The van der Waals surface area contributed by atoms with Crippen LogP contribution in [0, 0.1) is 29.5 Å². The zero-order valence-electron chi connectivity index (χ0n) is 20.6. The largest absolute Gasteiger partial charge is 0.497 e. The summed E-state index contributed by atoms with van der Waals surface area (Å²) in [5, 5.41) is 11.6. The molecule has 184 valence electrons. The molecule has 0 aliphatic heterocycles. The predicted molar refractivity (Wildman–Crippen MR) is 132 cm³/mol. The summed E-state index contributed by atoms with van der Waals surface area (Å²) in [6, 6.07) is 13.2. The third-order valence-electron chi connectivity index (χ3n) is 6.91. The summed E-state index contributed by atoms with van der Waals surface area (Å²) in [6.45, 7) is 7.13. The number of aromatic nitrogens is 2. The molecule has 1 amide bonds. The van der Waals surface area contributed by atoms with Crippen LogP contribution in [0.1, 0.15) is 43.4 Å². The van der Waals surface area contributed by atoms with Gasteiger partial charge < -0.3 is 14.5 Å². The first kappa shape index (κ1) is 24.6. The van der Waals surface area contributed by atoms with Gasteiger partial charge in [0.25, 0.3) is 5.91 Å². The molecule has 1 aromatic heterocycles. The second-order valence-corrected chi connectivity index (χ2v) is 9.57. The average molecular weight is 478 g/mol. The Balaban J connectivity index is 1.42. The maximum Gasteiger partial charge on any atom is 0.251 e. The lowest BCUT2D eigenvalue weighted by molar-refractivity contribution is 0.0939. The molecule has 2 aromatic carbocycles. The molecule has 7 heteroatoms. The second kappa shape index (κ2) is 10.8. The van der Waals surface area contributed by atoms with Crippen LogP contribution < -0.4 is 10.1 Å². The number of halogens is 1. The maximum atomic E-state index is 13.2. The molecule has 4 rings (SSSR count). The first-order valence-electron chi connectivity index (χ1n) is 12.0. The van der Waals surface area contributed by atoms with E-state index < -0.39 is 0 Å². The number of methoxy groups -OCH3 is 1. The molecule has 0 fully saturated rings. The summed E-state index contributed by atoms with van der Waals surface area (Å²) in [6.07, 6.45) is 3.95. The normalized spacial score (nSPS) is 19.9. The smallest absolute Gasteiger partial charge is 0.251 e. The number of rotatable bonds is 8. The van der Waals surface area contributed by atoms with Crippen LogP contribution in [0.2, 0.25) is 0 Å². The number of hydrogen-bond donors (Lipinski definition) is 1. The first-order valence-corrected chi connectivity index (χ1v) is 12.0. The van der Waals surface area contributed by atoms with Gasteiger partial charge in [-0.15, -0.1) is 10.2 Å². The second-order valence-electron chi connectivity index (χ2n) is 9.57. The Labute approximate surface area is 205 Å². The zero-order chi connectivity index (χ0) is 24.9. The minimum absolute atomic E-state index is 0.183. The van der Waals surface area contributed by atoms with Crippen LogP contribution in [0.15, 0.2) is 64.6 Å². The highest BCUT2D eigenvalue weighted by molar-refractivity contribution is 5.94. The lowest BCUT2D eigenvalue weighted by Gasteiger charge is -2.37. The van der Waals surface area contributed by atoms with E-state index >= 15 is 0 Å². The lowest BCUT2D eigenvalue weighted by atomic mass is 9.70. The molecule has 3 atom stereocenters. The lowest BCUT2D eigenvalue weighted by Crippen LogP contribution is -2.37. The molecular formula is C28H32FN3O3. The predicted octanol–water partition coefficient (Wildman–Crippen LogP) is 5.71. The van der Waals surface area contributed by atoms with E-state index in [9.17, 15) is 9.18 Å². The molecule has 0 bridgehead atoms. The van der Waals surface area contributed by atoms with Crippen molar-refractivity contribution in [2.45, 2.75) is 33.6 Å². The molecule has 1 aliphatic rings. The van der Waals surface area contributed by atoms with Gasteiger partial charge in [-0.2, -0.15) is 0 Å². The third-order valence-corrected chi connectivity index (χ3v) is 6.91. The number of hydrogen-bond acceptors (Lipinski definition) is 5. The van der Waals surface area contributed by atoms with E-state index in [0.717, 1.165) is 17.7 Å². The van der Waals surface area contributed by atoms with Crippen LogP contribution in [0.3, 0.4) is 0 Å². The molecular weight excluding hydrogens is 445 g/mol. The van der Waals surface area contributed by atoms with Crippen molar-refractivity contribution >= 4 is 5.91 Å². The molecule has 3 aromatic rings. The number of amides is 1. The van der Waals surface area contributed by atoms with Gasteiger partial charge in [-0.05, 0) is 85.5 Å². The summed E-state index contributed by atoms with van der Waals surface area (Å²) in [5.74, 6) is 2.76. The van der Waals surface area contributed by atoms with E-state index in [1.165, 1.54) is 29.8 Å². The Morgan fingerprint density at radius 1 is 1.14 bits per heavy atom. The van der Waals surface area contributed by atoms with Gasteiger partial charge in [-0.1, -0.05) is 25.5 Å². The molecule has 1 N–H and O–H groups in total. The van der Waals surface area contributed by atoms with Crippen LogP contribution in [0.4, 0.5) is 4.39 Å². The minimum atomic E-state index is -0.351. The van der Waals surface area contributed by atoms with Crippen LogP contribution in [-0.4, -0.2) is 29.8 Å². The van der Waals surface area contributed by atoms with Crippen molar-refractivity contribution in [1.82, 2.24) is 15.5 Å². The van der Waals surface area contributed by atoms with Gasteiger partial charge in [0.1, 0.15) is 11.6 Å². The molecule has 35 heavy (non-hydrogen) atoms. The monoisotopic (exact) mass is 477 g/mol. The van der Waals surface area contributed by atoms with Crippen molar-refractivity contribution in [3.05, 3.63) is 77.5 Å². The van der Waals surface area contributed by atoms with Crippen LogP contribution in [0.5, 0.6) is 5.75 Å². The Kier molecular flexibility index (Phi) is 7.63. The highest BCUT2D eigenvalue weighted by atomic mass is 19.1. The average Bonchev–Trinajstić information content (AvgIpc) is 3.32. The number of carbonyl (C=O) groups is 1. The van der Waals surface area contributed by atoms with Crippen molar-refractivity contribution in [2.75, 3.05) is 13.7 Å². The molecule has 3 unspecified atom stereocenters. The Hall–Kier alpha value is -3.48. The Bertz CT molecular complexity index is 1170. The molecule has 0 saturated carbocycles. The zero-order valence-corrected chi connectivity index (χ0v) is 20.6.